The molecule has 1 saturated heterocycles. The van der Waals surface area contributed by atoms with Gasteiger partial charge in [0.25, 0.3) is 0 Å². The highest BCUT2D eigenvalue weighted by Gasteiger charge is 2.25. The van der Waals surface area contributed by atoms with Crippen molar-refractivity contribution >= 4 is 5.69 Å². The highest BCUT2D eigenvalue weighted by Crippen LogP contribution is 2.32. The molecule has 2 rings (SSSR count). The maximum Gasteiger partial charge on any atom is 0.130 e. The summed E-state index contributed by atoms with van der Waals surface area (Å²) >= 11 is 0. The fraction of sp³-hybridized carbons (Fsp3) is 0.600. The molecule has 1 aromatic rings. The molecule has 2 N–H and O–H groups in total. The normalized spacial score (nSPS) is 26.2. The van der Waals surface area contributed by atoms with Gasteiger partial charge in [-0.2, -0.15) is 0 Å². The first-order chi connectivity index (χ1) is 8.49. The van der Waals surface area contributed by atoms with Crippen molar-refractivity contribution in [1.82, 2.24) is 0 Å². The van der Waals surface area contributed by atoms with Crippen LogP contribution in [0.5, 0.6) is 0 Å². The van der Waals surface area contributed by atoms with Gasteiger partial charge in [-0.25, -0.2) is 4.39 Å². The maximum atomic E-state index is 13.9. The predicted molar refractivity (Wildman–Crippen MR) is 74.2 cm³/mol. The molecule has 3 unspecified atom stereocenters. The first-order valence-electron chi connectivity index (χ1n) is 6.78. The topological polar surface area (TPSA) is 29.3 Å². The van der Waals surface area contributed by atoms with Gasteiger partial charge in [0, 0.05) is 30.4 Å². The van der Waals surface area contributed by atoms with E-state index < -0.39 is 0 Å². The molecule has 1 aromatic carbocycles. The molecular formula is C15H23FN2. The number of anilines is 1. The Morgan fingerprint density at radius 3 is 2.44 bits per heavy atom. The summed E-state index contributed by atoms with van der Waals surface area (Å²) in [5.41, 5.74) is 7.55. The lowest BCUT2D eigenvalue weighted by atomic mass is 9.90. The van der Waals surface area contributed by atoms with Crippen molar-refractivity contribution < 1.29 is 4.39 Å². The Bertz CT molecular complexity index is 407. The van der Waals surface area contributed by atoms with Crippen molar-refractivity contribution in [3.8, 4) is 0 Å². The molecule has 0 aliphatic carbocycles. The van der Waals surface area contributed by atoms with Crippen LogP contribution >= 0.6 is 0 Å². The van der Waals surface area contributed by atoms with Crippen LogP contribution in [0.25, 0.3) is 0 Å². The van der Waals surface area contributed by atoms with E-state index in [1.807, 2.05) is 13.0 Å². The van der Waals surface area contributed by atoms with Gasteiger partial charge in [-0.05, 0) is 37.3 Å². The highest BCUT2D eigenvalue weighted by molar-refractivity contribution is 5.56. The number of halogens is 1. The number of piperidine rings is 1. The quantitative estimate of drug-likeness (QED) is 0.872. The number of benzene rings is 1. The van der Waals surface area contributed by atoms with Crippen molar-refractivity contribution in [2.45, 2.75) is 33.2 Å². The van der Waals surface area contributed by atoms with Gasteiger partial charge >= 0.3 is 0 Å². The van der Waals surface area contributed by atoms with Crippen LogP contribution in [0.3, 0.4) is 0 Å². The molecule has 0 aromatic heterocycles. The molecule has 18 heavy (non-hydrogen) atoms. The average molecular weight is 250 g/mol. The molecule has 0 radical (unpaired) electrons. The first kappa shape index (κ1) is 13.3. The molecule has 0 saturated carbocycles. The number of hydrogen-bond acceptors (Lipinski definition) is 2. The fourth-order valence-corrected chi connectivity index (χ4v) is 3.11. The van der Waals surface area contributed by atoms with Crippen molar-refractivity contribution in [3.05, 3.63) is 29.6 Å². The fourth-order valence-electron chi connectivity index (χ4n) is 3.11. The van der Waals surface area contributed by atoms with Gasteiger partial charge in [-0.3, -0.25) is 0 Å². The zero-order valence-corrected chi connectivity index (χ0v) is 11.5. The zero-order chi connectivity index (χ0) is 13.3. The van der Waals surface area contributed by atoms with Crippen molar-refractivity contribution in [3.63, 3.8) is 0 Å². The van der Waals surface area contributed by atoms with Gasteiger partial charge in [0.1, 0.15) is 5.82 Å². The number of rotatable bonds is 2. The predicted octanol–water partition coefficient (Wildman–Crippen LogP) is 3.33. The molecule has 1 fully saturated rings. The van der Waals surface area contributed by atoms with E-state index in [1.165, 1.54) is 12.5 Å². The van der Waals surface area contributed by atoms with Gasteiger partial charge in [-0.1, -0.05) is 19.9 Å². The third kappa shape index (κ3) is 2.66. The first-order valence-corrected chi connectivity index (χ1v) is 6.78. The standard InChI is InChI=1S/C15H23FN2/c1-10-7-11(2)9-18(8-10)14-6-4-5-13(16)15(14)12(3)17/h4-6,10-12H,7-9,17H2,1-3H3. The summed E-state index contributed by atoms with van der Waals surface area (Å²) in [7, 11) is 0. The van der Waals surface area contributed by atoms with Crippen molar-refractivity contribution in [2.24, 2.45) is 17.6 Å². The van der Waals surface area contributed by atoms with E-state index in [4.69, 9.17) is 5.73 Å². The molecule has 0 amide bonds. The molecule has 3 atom stereocenters. The maximum absolute atomic E-state index is 13.9. The van der Waals surface area contributed by atoms with Crippen LogP contribution in [0, 0.1) is 17.7 Å². The second kappa shape index (κ2) is 5.27. The van der Waals surface area contributed by atoms with Gasteiger partial charge in [-0.15, -0.1) is 0 Å². The van der Waals surface area contributed by atoms with Crippen LogP contribution in [-0.2, 0) is 0 Å². The van der Waals surface area contributed by atoms with Crippen LogP contribution in [0.2, 0.25) is 0 Å². The van der Waals surface area contributed by atoms with Crippen LogP contribution in [0.15, 0.2) is 18.2 Å². The summed E-state index contributed by atoms with van der Waals surface area (Å²) in [6.45, 7) is 8.35. The minimum atomic E-state index is -0.270. The second-order valence-corrected chi connectivity index (χ2v) is 5.81. The lowest BCUT2D eigenvalue weighted by molar-refractivity contribution is 0.356. The van der Waals surface area contributed by atoms with Gasteiger partial charge in [0.15, 0.2) is 0 Å². The summed E-state index contributed by atoms with van der Waals surface area (Å²) < 4.78 is 13.9. The summed E-state index contributed by atoms with van der Waals surface area (Å²) in [4.78, 5) is 2.29. The summed E-state index contributed by atoms with van der Waals surface area (Å²) in [6, 6.07) is 5.00. The lowest BCUT2D eigenvalue weighted by Gasteiger charge is -2.38. The van der Waals surface area contributed by atoms with Gasteiger partial charge in [0.2, 0.25) is 0 Å². The molecule has 100 valence electrons. The van der Waals surface area contributed by atoms with E-state index in [0.717, 1.165) is 18.8 Å². The minimum absolute atomic E-state index is 0.187. The van der Waals surface area contributed by atoms with Gasteiger partial charge in [0.05, 0.1) is 0 Å². The monoisotopic (exact) mass is 250 g/mol. The second-order valence-electron chi connectivity index (χ2n) is 5.81. The highest BCUT2D eigenvalue weighted by atomic mass is 19.1. The lowest BCUT2D eigenvalue weighted by Crippen LogP contribution is -2.39. The van der Waals surface area contributed by atoms with Crippen LogP contribution in [0.4, 0.5) is 10.1 Å². The van der Waals surface area contributed by atoms with E-state index >= 15 is 0 Å². The number of hydrogen-bond donors (Lipinski definition) is 1. The molecule has 1 aliphatic rings. The van der Waals surface area contributed by atoms with Crippen LogP contribution in [0.1, 0.15) is 38.8 Å². The molecule has 3 heteroatoms. The van der Waals surface area contributed by atoms with E-state index in [0.29, 0.717) is 17.4 Å². The van der Waals surface area contributed by atoms with E-state index in [1.54, 1.807) is 6.07 Å². The van der Waals surface area contributed by atoms with Crippen LogP contribution in [-0.4, -0.2) is 13.1 Å². The van der Waals surface area contributed by atoms with E-state index in [2.05, 4.69) is 18.7 Å². The Morgan fingerprint density at radius 1 is 1.28 bits per heavy atom. The Hall–Kier alpha value is -1.09. The molecule has 1 heterocycles. The third-order valence-corrected chi connectivity index (χ3v) is 3.69. The molecule has 2 nitrogen and oxygen atoms in total. The van der Waals surface area contributed by atoms with E-state index in [-0.39, 0.29) is 11.9 Å². The zero-order valence-electron chi connectivity index (χ0n) is 11.5. The number of nitrogens with zero attached hydrogens (tertiary/aromatic N) is 1. The Morgan fingerprint density at radius 2 is 1.89 bits per heavy atom. The summed E-state index contributed by atoms with van der Waals surface area (Å²) in [6.07, 6.45) is 1.25. The smallest absolute Gasteiger partial charge is 0.130 e. The average Bonchev–Trinajstić information content (AvgIpc) is 2.26. The van der Waals surface area contributed by atoms with Crippen LogP contribution < -0.4 is 10.6 Å². The molecule has 0 spiro atoms. The summed E-state index contributed by atoms with van der Waals surface area (Å²) in [5, 5.41) is 0. The Balaban J connectivity index is 2.35. The van der Waals surface area contributed by atoms with Gasteiger partial charge < -0.3 is 10.6 Å². The number of nitrogens with two attached hydrogens (primary N) is 1. The molecule has 0 bridgehead atoms. The minimum Gasteiger partial charge on any atom is -0.371 e. The third-order valence-electron chi connectivity index (χ3n) is 3.69. The molecular weight excluding hydrogens is 227 g/mol. The SMILES string of the molecule is CC1CC(C)CN(c2cccc(F)c2C(C)N)C1. The summed E-state index contributed by atoms with van der Waals surface area (Å²) in [5.74, 6) is 1.12. The largest absolute Gasteiger partial charge is 0.371 e. The Kier molecular flexibility index (Phi) is 3.91. The van der Waals surface area contributed by atoms with E-state index in [9.17, 15) is 4.39 Å². The van der Waals surface area contributed by atoms with Crippen molar-refractivity contribution in [2.75, 3.05) is 18.0 Å². The van der Waals surface area contributed by atoms with Crippen molar-refractivity contribution in [1.29, 1.82) is 0 Å². The molecule has 1 aliphatic heterocycles. The Labute approximate surface area is 109 Å².